The standard InChI is InChI=1S/C12H18N4O4/c1-7(11(18)19)5-16(2)6-9(17)13-12-15-14-10(20-12)8-3-4-8/h7-8H,3-6H2,1-2H3,(H,18,19)(H,13,15,17). The number of carbonyl (C=O) groups excluding carboxylic acids is 1. The summed E-state index contributed by atoms with van der Waals surface area (Å²) in [6.45, 7) is 1.95. The quantitative estimate of drug-likeness (QED) is 0.751. The van der Waals surface area contributed by atoms with Gasteiger partial charge in [0.1, 0.15) is 0 Å². The van der Waals surface area contributed by atoms with Crippen LogP contribution in [0.5, 0.6) is 0 Å². The molecule has 1 aromatic heterocycles. The molecule has 0 saturated heterocycles. The van der Waals surface area contributed by atoms with Gasteiger partial charge in [0, 0.05) is 12.5 Å². The minimum atomic E-state index is -0.886. The molecule has 0 spiro atoms. The van der Waals surface area contributed by atoms with Crippen molar-refractivity contribution < 1.29 is 19.1 Å². The highest BCUT2D eigenvalue weighted by molar-refractivity contribution is 5.90. The number of hydrogen-bond acceptors (Lipinski definition) is 6. The van der Waals surface area contributed by atoms with Crippen molar-refractivity contribution in [2.24, 2.45) is 5.92 Å². The first-order valence-corrected chi connectivity index (χ1v) is 6.50. The van der Waals surface area contributed by atoms with Crippen LogP contribution in [0.2, 0.25) is 0 Å². The summed E-state index contributed by atoms with van der Waals surface area (Å²) >= 11 is 0. The van der Waals surface area contributed by atoms with Crippen molar-refractivity contribution in [2.75, 3.05) is 25.5 Å². The lowest BCUT2D eigenvalue weighted by Gasteiger charge is -2.17. The number of anilines is 1. The molecule has 8 heteroatoms. The van der Waals surface area contributed by atoms with Gasteiger partial charge in [0.05, 0.1) is 12.5 Å². The third-order valence-electron chi connectivity index (χ3n) is 3.03. The minimum absolute atomic E-state index is 0.0682. The van der Waals surface area contributed by atoms with Gasteiger partial charge in [-0.2, -0.15) is 0 Å². The Labute approximate surface area is 116 Å². The molecular formula is C12H18N4O4. The molecule has 1 aromatic rings. The van der Waals surface area contributed by atoms with Crippen molar-refractivity contribution in [2.45, 2.75) is 25.7 Å². The largest absolute Gasteiger partial charge is 0.481 e. The van der Waals surface area contributed by atoms with E-state index in [0.29, 0.717) is 18.4 Å². The van der Waals surface area contributed by atoms with Gasteiger partial charge < -0.3 is 9.52 Å². The minimum Gasteiger partial charge on any atom is -0.481 e. The number of rotatable bonds is 7. The Morgan fingerprint density at radius 2 is 2.20 bits per heavy atom. The number of nitrogens with one attached hydrogen (secondary N) is 1. The van der Waals surface area contributed by atoms with Crippen molar-refractivity contribution >= 4 is 17.9 Å². The summed E-state index contributed by atoms with van der Waals surface area (Å²) in [5.74, 6) is -0.822. The predicted molar refractivity (Wildman–Crippen MR) is 69.2 cm³/mol. The molecule has 1 heterocycles. The molecule has 8 nitrogen and oxygen atoms in total. The third kappa shape index (κ3) is 4.02. The summed E-state index contributed by atoms with van der Waals surface area (Å²) in [5, 5.41) is 18.9. The molecule has 2 N–H and O–H groups in total. The number of carboxylic acids is 1. The van der Waals surface area contributed by atoms with E-state index in [9.17, 15) is 9.59 Å². The van der Waals surface area contributed by atoms with Crippen LogP contribution in [-0.4, -0.2) is 52.2 Å². The normalized spacial score (nSPS) is 16.1. The highest BCUT2D eigenvalue weighted by Gasteiger charge is 2.29. The van der Waals surface area contributed by atoms with Crippen LogP contribution in [-0.2, 0) is 9.59 Å². The Balaban J connectivity index is 1.77. The number of likely N-dealkylation sites (N-methyl/N-ethyl adjacent to an activating group) is 1. The zero-order valence-corrected chi connectivity index (χ0v) is 11.5. The predicted octanol–water partition coefficient (Wildman–Crippen LogP) is 0.538. The molecule has 0 bridgehead atoms. The van der Waals surface area contributed by atoms with Crippen LogP contribution < -0.4 is 5.32 Å². The first-order valence-electron chi connectivity index (χ1n) is 6.50. The Kier molecular flexibility index (Phi) is 4.33. The summed E-state index contributed by atoms with van der Waals surface area (Å²) in [7, 11) is 1.68. The number of aliphatic carboxylic acids is 1. The Hall–Kier alpha value is -1.96. The molecule has 1 fully saturated rings. The van der Waals surface area contributed by atoms with Gasteiger partial charge in [-0.25, -0.2) is 0 Å². The van der Waals surface area contributed by atoms with Gasteiger partial charge in [0.15, 0.2) is 0 Å². The topological polar surface area (TPSA) is 109 Å². The Morgan fingerprint density at radius 1 is 1.50 bits per heavy atom. The third-order valence-corrected chi connectivity index (χ3v) is 3.03. The summed E-state index contributed by atoms with van der Waals surface area (Å²) in [6.07, 6.45) is 2.09. The number of nitrogens with zero attached hydrogens (tertiary/aromatic N) is 3. The van der Waals surface area contributed by atoms with Gasteiger partial charge in [-0.3, -0.25) is 19.8 Å². The SMILES string of the molecule is CC(CN(C)CC(=O)Nc1nnc(C2CC2)o1)C(=O)O. The van der Waals surface area contributed by atoms with Crippen LogP contribution >= 0.6 is 0 Å². The molecular weight excluding hydrogens is 264 g/mol. The van der Waals surface area contributed by atoms with Gasteiger partial charge in [-0.05, 0) is 19.9 Å². The highest BCUT2D eigenvalue weighted by Crippen LogP contribution is 2.39. The fourth-order valence-corrected chi connectivity index (χ4v) is 1.79. The molecule has 1 atom stereocenters. The number of hydrogen-bond donors (Lipinski definition) is 2. The van der Waals surface area contributed by atoms with E-state index in [0.717, 1.165) is 12.8 Å². The van der Waals surface area contributed by atoms with E-state index in [-0.39, 0.29) is 18.5 Å². The highest BCUT2D eigenvalue weighted by atomic mass is 16.4. The summed E-state index contributed by atoms with van der Waals surface area (Å²) in [5.41, 5.74) is 0. The summed E-state index contributed by atoms with van der Waals surface area (Å²) in [6, 6.07) is 0.0941. The maximum Gasteiger partial charge on any atom is 0.322 e. The van der Waals surface area contributed by atoms with Crippen LogP contribution in [0, 0.1) is 5.92 Å². The Morgan fingerprint density at radius 3 is 2.80 bits per heavy atom. The van der Waals surface area contributed by atoms with Crippen molar-refractivity contribution in [3.63, 3.8) is 0 Å². The van der Waals surface area contributed by atoms with Crippen molar-refractivity contribution in [1.82, 2.24) is 15.1 Å². The number of carbonyl (C=O) groups is 2. The fourth-order valence-electron chi connectivity index (χ4n) is 1.79. The van der Waals surface area contributed by atoms with Gasteiger partial charge >= 0.3 is 12.0 Å². The number of amides is 1. The van der Waals surface area contributed by atoms with Crippen LogP contribution in [0.15, 0.2) is 4.42 Å². The second-order valence-corrected chi connectivity index (χ2v) is 5.20. The van der Waals surface area contributed by atoms with E-state index < -0.39 is 11.9 Å². The maximum atomic E-state index is 11.7. The second kappa shape index (κ2) is 6.00. The molecule has 110 valence electrons. The van der Waals surface area contributed by atoms with E-state index in [1.807, 2.05) is 0 Å². The monoisotopic (exact) mass is 282 g/mol. The molecule has 0 radical (unpaired) electrons. The lowest BCUT2D eigenvalue weighted by Crippen LogP contribution is -2.35. The Bertz CT molecular complexity index is 497. The fraction of sp³-hybridized carbons (Fsp3) is 0.667. The average Bonchev–Trinajstić information content (AvgIpc) is 3.10. The molecule has 2 rings (SSSR count). The zero-order chi connectivity index (χ0) is 14.7. The number of carboxylic acid groups (broad SMARTS) is 1. The van der Waals surface area contributed by atoms with Crippen LogP contribution in [0.3, 0.4) is 0 Å². The lowest BCUT2D eigenvalue weighted by atomic mass is 10.2. The summed E-state index contributed by atoms with van der Waals surface area (Å²) < 4.78 is 5.31. The van der Waals surface area contributed by atoms with Crippen molar-refractivity contribution in [3.05, 3.63) is 5.89 Å². The van der Waals surface area contributed by atoms with Crippen LogP contribution in [0.1, 0.15) is 31.6 Å². The molecule has 20 heavy (non-hydrogen) atoms. The van der Waals surface area contributed by atoms with Crippen molar-refractivity contribution in [3.8, 4) is 0 Å². The lowest BCUT2D eigenvalue weighted by molar-refractivity contribution is -0.141. The van der Waals surface area contributed by atoms with Gasteiger partial charge in [0.2, 0.25) is 11.8 Å². The van der Waals surface area contributed by atoms with E-state index in [1.54, 1.807) is 18.9 Å². The summed E-state index contributed by atoms with van der Waals surface area (Å²) in [4.78, 5) is 24.1. The molecule has 1 amide bonds. The average molecular weight is 282 g/mol. The molecule has 1 unspecified atom stereocenters. The maximum absolute atomic E-state index is 11.7. The van der Waals surface area contributed by atoms with Crippen molar-refractivity contribution in [1.29, 1.82) is 0 Å². The molecule has 0 aliphatic heterocycles. The van der Waals surface area contributed by atoms with E-state index in [2.05, 4.69) is 15.5 Å². The van der Waals surface area contributed by atoms with Gasteiger partial charge in [0.25, 0.3) is 0 Å². The second-order valence-electron chi connectivity index (χ2n) is 5.20. The molecule has 0 aromatic carbocycles. The van der Waals surface area contributed by atoms with Crippen LogP contribution in [0.25, 0.3) is 0 Å². The molecule has 1 aliphatic carbocycles. The molecule has 1 saturated carbocycles. The van der Waals surface area contributed by atoms with E-state index in [4.69, 9.17) is 9.52 Å². The van der Waals surface area contributed by atoms with Gasteiger partial charge in [-0.15, -0.1) is 5.10 Å². The number of aromatic nitrogens is 2. The first-order chi connectivity index (χ1) is 9.45. The van der Waals surface area contributed by atoms with E-state index in [1.165, 1.54) is 0 Å². The van der Waals surface area contributed by atoms with E-state index >= 15 is 0 Å². The van der Waals surface area contributed by atoms with Gasteiger partial charge in [-0.1, -0.05) is 12.0 Å². The smallest absolute Gasteiger partial charge is 0.322 e. The van der Waals surface area contributed by atoms with Crippen LogP contribution in [0.4, 0.5) is 6.01 Å². The zero-order valence-electron chi connectivity index (χ0n) is 11.5. The first kappa shape index (κ1) is 14.4. The molecule has 1 aliphatic rings.